The van der Waals surface area contributed by atoms with Crippen molar-refractivity contribution in [1.82, 2.24) is 0 Å². The Morgan fingerprint density at radius 2 is 1.86 bits per heavy atom. The molecule has 0 saturated heterocycles. The summed E-state index contributed by atoms with van der Waals surface area (Å²) in [7, 11) is 0. The van der Waals surface area contributed by atoms with Crippen molar-refractivity contribution in [3.63, 3.8) is 0 Å². The monoisotopic (exact) mass is 206 g/mol. The van der Waals surface area contributed by atoms with Gasteiger partial charge in [-0.25, -0.2) is 8.78 Å². The minimum Gasteiger partial charge on any atom is -0.481 e. The highest BCUT2D eigenvalue weighted by Gasteiger charge is 2.42. The number of halogens is 2. The second-order valence-corrected chi connectivity index (χ2v) is 4.29. The van der Waals surface area contributed by atoms with E-state index >= 15 is 0 Å². The van der Waals surface area contributed by atoms with Gasteiger partial charge in [0.1, 0.15) is 6.42 Å². The third-order valence-electron chi connectivity index (χ3n) is 3.00. The van der Waals surface area contributed by atoms with Crippen LogP contribution < -0.4 is 0 Å². The summed E-state index contributed by atoms with van der Waals surface area (Å²) in [6.07, 6.45) is 1.48. The third kappa shape index (κ3) is 2.93. The average molecular weight is 206 g/mol. The van der Waals surface area contributed by atoms with Crippen LogP contribution in [0.1, 0.15) is 39.0 Å². The van der Waals surface area contributed by atoms with Gasteiger partial charge >= 0.3 is 5.97 Å². The van der Waals surface area contributed by atoms with E-state index in [0.29, 0.717) is 18.8 Å². The first kappa shape index (κ1) is 11.4. The van der Waals surface area contributed by atoms with Crippen LogP contribution in [0.25, 0.3) is 0 Å². The lowest BCUT2D eigenvalue weighted by Gasteiger charge is -2.31. The van der Waals surface area contributed by atoms with E-state index in [1.54, 1.807) is 0 Å². The van der Waals surface area contributed by atoms with Crippen molar-refractivity contribution in [2.75, 3.05) is 0 Å². The van der Waals surface area contributed by atoms with Gasteiger partial charge in [-0.3, -0.25) is 4.79 Å². The maximum atomic E-state index is 13.3. The molecule has 2 nitrogen and oxygen atoms in total. The van der Waals surface area contributed by atoms with E-state index in [9.17, 15) is 13.6 Å². The summed E-state index contributed by atoms with van der Waals surface area (Å²) in [6, 6.07) is 0. The molecule has 0 heterocycles. The third-order valence-corrected chi connectivity index (χ3v) is 3.00. The molecule has 1 aliphatic carbocycles. The van der Waals surface area contributed by atoms with Crippen LogP contribution in [0.15, 0.2) is 0 Å². The summed E-state index contributed by atoms with van der Waals surface area (Å²) < 4.78 is 26.6. The lowest BCUT2D eigenvalue weighted by Crippen LogP contribution is -2.33. The highest BCUT2D eigenvalue weighted by atomic mass is 19.3. The van der Waals surface area contributed by atoms with Crippen molar-refractivity contribution in [3.8, 4) is 0 Å². The molecule has 0 spiro atoms. The molecule has 0 atom stereocenters. The van der Waals surface area contributed by atoms with E-state index in [-0.39, 0.29) is 0 Å². The molecule has 0 aromatic carbocycles. The first-order valence-electron chi connectivity index (χ1n) is 5.01. The molecule has 0 aliphatic heterocycles. The molecule has 0 unspecified atom stereocenters. The Morgan fingerprint density at radius 3 is 2.29 bits per heavy atom. The van der Waals surface area contributed by atoms with Crippen molar-refractivity contribution >= 4 is 5.97 Å². The van der Waals surface area contributed by atoms with Crippen LogP contribution in [-0.2, 0) is 4.79 Å². The fourth-order valence-corrected chi connectivity index (χ4v) is 2.03. The number of carboxylic acid groups (broad SMARTS) is 1. The summed E-state index contributed by atoms with van der Waals surface area (Å²) in [4.78, 5) is 10.2. The van der Waals surface area contributed by atoms with Crippen molar-refractivity contribution in [1.29, 1.82) is 0 Å². The molecule has 82 valence electrons. The molecule has 14 heavy (non-hydrogen) atoms. The molecule has 0 aromatic rings. The lowest BCUT2D eigenvalue weighted by molar-refractivity contribution is -0.151. The Hall–Kier alpha value is -0.670. The molecule has 4 heteroatoms. The van der Waals surface area contributed by atoms with E-state index in [0.717, 1.165) is 12.8 Å². The molecule has 1 saturated carbocycles. The molecule has 1 fully saturated rings. The van der Waals surface area contributed by atoms with Gasteiger partial charge in [0.05, 0.1) is 0 Å². The van der Waals surface area contributed by atoms with Crippen LogP contribution >= 0.6 is 0 Å². The summed E-state index contributed by atoms with van der Waals surface area (Å²) in [6.45, 7) is 2.05. The number of rotatable bonds is 3. The van der Waals surface area contributed by atoms with Crippen LogP contribution in [0.3, 0.4) is 0 Å². The van der Waals surface area contributed by atoms with Crippen LogP contribution in [-0.4, -0.2) is 17.0 Å². The number of aliphatic carboxylic acids is 1. The Labute approximate surface area is 82.3 Å². The smallest absolute Gasteiger partial charge is 0.309 e. The normalized spacial score (nSPS) is 28.8. The Bertz CT molecular complexity index is 208. The number of carboxylic acids is 1. The van der Waals surface area contributed by atoms with Gasteiger partial charge < -0.3 is 5.11 Å². The topological polar surface area (TPSA) is 37.3 Å². The van der Waals surface area contributed by atoms with Crippen LogP contribution in [0.2, 0.25) is 0 Å². The molecule has 0 radical (unpaired) electrons. The van der Waals surface area contributed by atoms with Gasteiger partial charge in [-0.05, 0) is 18.8 Å². The minimum absolute atomic E-state index is 0.460. The average Bonchev–Trinajstić information content (AvgIpc) is 2.02. The van der Waals surface area contributed by atoms with E-state index in [1.165, 1.54) is 0 Å². The van der Waals surface area contributed by atoms with E-state index < -0.39 is 24.2 Å². The predicted octanol–water partition coefficient (Wildman–Crippen LogP) is 2.92. The lowest BCUT2D eigenvalue weighted by atomic mass is 9.79. The van der Waals surface area contributed by atoms with Crippen LogP contribution in [0.4, 0.5) is 8.78 Å². The zero-order chi connectivity index (χ0) is 10.8. The van der Waals surface area contributed by atoms with Crippen LogP contribution in [0, 0.1) is 11.8 Å². The SMILES string of the molecule is CC1CCC(C(F)(F)CC(=O)O)CC1. The standard InChI is InChI=1S/C10H16F2O2/c1-7-2-4-8(5-3-7)10(11,12)6-9(13)14/h7-8H,2-6H2,1H3,(H,13,14). The van der Waals surface area contributed by atoms with Crippen molar-refractivity contribution in [2.24, 2.45) is 11.8 Å². The summed E-state index contributed by atoms with van der Waals surface area (Å²) in [5.41, 5.74) is 0. The zero-order valence-corrected chi connectivity index (χ0v) is 8.30. The van der Waals surface area contributed by atoms with Gasteiger partial charge in [0.2, 0.25) is 0 Å². The highest BCUT2D eigenvalue weighted by molar-refractivity contribution is 5.67. The fraction of sp³-hybridized carbons (Fsp3) is 0.900. The maximum Gasteiger partial charge on any atom is 0.309 e. The van der Waals surface area contributed by atoms with Crippen molar-refractivity contribution in [2.45, 2.75) is 45.0 Å². The molecular formula is C10H16F2O2. The molecule has 1 N–H and O–H groups in total. The van der Waals surface area contributed by atoms with Gasteiger partial charge in [0.15, 0.2) is 0 Å². The maximum absolute atomic E-state index is 13.3. The first-order chi connectivity index (χ1) is 6.42. The number of hydrogen-bond donors (Lipinski definition) is 1. The fourth-order valence-electron chi connectivity index (χ4n) is 2.03. The zero-order valence-electron chi connectivity index (χ0n) is 8.30. The van der Waals surface area contributed by atoms with Crippen LogP contribution in [0.5, 0.6) is 0 Å². The van der Waals surface area contributed by atoms with E-state index in [2.05, 4.69) is 0 Å². The predicted molar refractivity (Wildman–Crippen MR) is 48.3 cm³/mol. The molecule has 0 bridgehead atoms. The van der Waals surface area contributed by atoms with Gasteiger partial charge in [-0.1, -0.05) is 19.8 Å². The summed E-state index contributed by atoms with van der Waals surface area (Å²) in [5.74, 6) is -4.65. The second-order valence-electron chi connectivity index (χ2n) is 4.29. The molecule has 1 aliphatic rings. The number of alkyl halides is 2. The quantitative estimate of drug-likeness (QED) is 0.770. The summed E-state index contributed by atoms with van der Waals surface area (Å²) >= 11 is 0. The van der Waals surface area contributed by atoms with E-state index in [1.807, 2.05) is 6.92 Å². The van der Waals surface area contributed by atoms with Gasteiger partial charge in [-0.2, -0.15) is 0 Å². The summed E-state index contributed by atoms with van der Waals surface area (Å²) in [5, 5.41) is 8.35. The van der Waals surface area contributed by atoms with Crippen molar-refractivity contribution in [3.05, 3.63) is 0 Å². The van der Waals surface area contributed by atoms with Gasteiger partial charge in [0.25, 0.3) is 5.92 Å². The van der Waals surface area contributed by atoms with Gasteiger partial charge in [-0.15, -0.1) is 0 Å². The Morgan fingerprint density at radius 1 is 1.36 bits per heavy atom. The molecule has 1 rings (SSSR count). The Balaban J connectivity index is 2.50. The molecule has 0 amide bonds. The molecular weight excluding hydrogens is 190 g/mol. The van der Waals surface area contributed by atoms with E-state index in [4.69, 9.17) is 5.11 Å². The second kappa shape index (κ2) is 4.24. The van der Waals surface area contributed by atoms with Crippen molar-refractivity contribution < 1.29 is 18.7 Å². The molecule has 0 aromatic heterocycles. The number of hydrogen-bond acceptors (Lipinski definition) is 1. The number of carbonyl (C=O) groups is 1. The highest BCUT2D eigenvalue weighted by Crippen LogP contribution is 2.40. The van der Waals surface area contributed by atoms with Gasteiger partial charge in [0, 0.05) is 5.92 Å². The largest absolute Gasteiger partial charge is 0.481 e. The minimum atomic E-state index is -3.02. The first-order valence-corrected chi connectivity index (χ1v) is 5.01. The Kier molecular flexibility index (Phi) is 3.45.